The van der Waals surface area contributed by atoms with Crippen LogP contribution in [0, 0.1) is 69.0 Å². The van der Waals surface area contributed by atoms with Crippen LogP contribution in [-0.4, -0.2) is 182 Å². The first-order chi connectivity index (χ1) is 62.8. The van der Waals surface area contributed by atoms with E-state index in [-0.39, 0.29) is 67.8 Å². The molecule has 4 unspecified atom stereocenters. The summed E-state index contributed by atoms with van der Waals surface area (Å²) in [6.45, 7) is 24.9. The van der Waals surface area contributed by atoms with E-state index in [9.17, 15) is 36.4 Å². The first-order valence-corrected chi connectivity index (χ1v) is 62.0. The summed E-state index contributed by atoms with van der Waals surface area (Å²) in [5, 5.41) is 89.4. The van der Waals surface area contributed by atoms with E-state index < -0.39 is 24.2 Å². The van der Waals surface area contributed by atoms with Crippen LogP contribution in [0.2, 0.25) is 77.1 Å². The molecule has 4 aliphatic carbocycles. The number of ether oxygens (including phenoxy) is 3. The summed E-state index contributed by atoms with van der Waals surface area (Å²) >= 11 is 4.24. The highest BCUT2D eigenvalue weighted by Crippen LogP contribution is 2.46. The van der Waals surface area contributed by atoms with Gasteiger partial charge < -0.3 is 48.2 Å². The standard InChI is InChI=1S/C29H36N6OSi.2C23H32N6O2Si.C17H18N6O.CO2.I2.H2/c1-37(2,3)16-15-36-21-34-14-12-26-28(31-20-32-29(26)34)25-18-33-35(19-25)27(11-13-30)24-10-9-23(17-24)22-7-5-4-6-8-22;2*1-32(2,3)11-10-31-16-28-9-7-20-22(25-15-26-23(20)28)18-13-27-29(14-18)21(6-8-24)17-4-5-19(30)12-17;18-5-3-15(11-1-2-13(24)7-11)23-9-12(8-22-23)16-14-4-6-19-17(14)21-10-20-16;2-1-3;1-2;/h4-8,12,14,18-20,23-24,27H,9-11,15-17,21H2,1-3H3;2*7,9,13-15,17,19,21,30H,4-6,10-12,16H2,1-3H3;4,6,8-11,13,15,24H,1-3,7H2,(H,19,20,21);;;1H/t23-,24-,27?;17-,19+,21?;17-,19-,21?;11-,13-,15?;;;/m0000.../s1/i;;;;;;1+1. The molecule has 4 N–H and O–H groups in total. The molecule has 686 valence electrons. The number of fused-ring (bicyclic) bond motifs is 4. The molecule has 0 amide bonds. The van der Waals surface area contributed by atoms with E-state index in [1.54, 1.807) is 37.6 Å². The maximum absolute atomic E-state index is 9.94. The highest BCUT2D eigenvalue weighted by atomic mass is 128. The van der Waals surface area contributed by atoms with Crippen molar-refractivity contribution in [2.75, 3.05) is 19.8 Å². The minimum absolute atomic E-state index is 0. The van der Waals surface area contributed by atoms with Crippen LogP contribution in [0.15, 0.2) is 154 Å². The Morgan fingerprint density at radius 2 is 0.731 bits per heavy atom. The number of aromatic nitrogens is 20. The molecule has 4 saturated carbocycles. The molecule has 0 saturated heterocycles. The Morgan fingerprint density at radius 3 is 1.04 bits per heavy atom. The maximum Gasteiger partial charge on any atom is 0.373 e. The average Bonchev–Trinajstić information content (AvgIpc) is 1.65. The molecule has 0 bridgehead atoms. The Morgan fingerprint density at radius 1 is 0.423 bits per heavy atom. The fourth-order valence-electron chi connectivity index (χ4n) is 18.0. The molecule has 130 heavy (non-hydrogen) atoms. The van der Waals surface area contributed by atoms with Crippen LogP contribution >= 0.6 is 37.2 Å². The number of nitriles is 4. The summed E-state index contributed by atoms with van der Waals surface area (Å²) in [4.78, 5) is 55.1. The highest BCUT2D eigenvalue weighted by molar-refractivity contribution is 15.0. The molecule has 12 atom stereocenters. The van der Waals surface area contributed by atoms with Crippen molar-refractivity contribution >= 4 is 112 Å². The van der Waals surface area contributed by atoms with Gasteiger partial charge in [0.15, 0.2) is 0 Å². The second-order valence-electron chi connectivity index (χ2n) is 37.7. The molecule has 13 aromatic rings. The predicted molar refractivity (Wildman–Crippen MR) is 522 cm³/mol. The van der Waals surface area contributed by atoms with Crippen molar-refractivity contribution in [2.45, 2.75) is 248 Å². The fourth-order valence-corrected chi connectivity index (χ4v) is 20.3. The predicted octanol–water partition coefficient (Wildman–Crippen LogP) is 19.0. The Bertz CT molecular complexity index is 5830. The smallest absolute Gasteiger partial charge is 0.373 e. The normalized spacial score (nSPS) is 19.3. The van der Waals surface area contributed by atoms with Gasteiger partial charge in [0.1, 0.15) is 68.1 Å². The molecule has 37 heteroatoms. The van der Waals surface area contributed by atoms with Crippen LogP contribution in [0.25, 0.3) is 89.2 Å². The molecule has 0 radical (unpaired) electrons. The van der Waals surface area contributed by atoms with Gasteiger partial charge >= 0.3 is 6.15 Å². The third-order valence-corrected chi connectivity index (χ3v) is 30.1. The Balaban J connectivity index is 0.000000167. The summed E-state index contributed by atoms with van der Waals surface area (Å²) in [5.74, 6) is 1.79. The number of benzene rings is 1. The van der Waals surface area contributed by atoms with E-state index in [0.717, 1.165) is 204 Å². The van der Waals surface area contributed by atoms with Gasteiger partial charge in [0.2, 0.25) is 0 Å². The zero-order chi connectivity index (χ0) is 92.5. The van der Waals surface area contributed by atoms with E-state index in [1.165, 1.54) is 11.9 Å². The summed E-state index contributed by atoms with van der Waals surface area (Å²) in [6.07, 6.45) is 41.1. The fraction of sp³-hybridized carbons (Fsp3) is 0.495. The lowest BCUT2D eigenvalue weighted by molar-refractivity contribution is -0.191. The number of hydrogen-bond donors (Lipinski definition) is 4. The van der Waals surface area contributed by atoms with E-state index in [1.807, 2.05) is 100 Å². The van der Waals surface area contributed by atoms with Gasteiger partial charge in [-0.2, -0.15) is 51.0 Å². The summed E-state index contributed by atoms with van der Waals surface area (Å²) in [5.41, 5.74) is 11.7. The molecule has 17 rings (SSSR count). The van der Waals surface area contributed by atoms with Crippen LogP contribution in [0.1, 0.15) is 140 Å². The monoisotopic (exact) mass is 2040 g/mol. The number of aliphatic hydroxyl groups excluding tert-OH is 3. The van der Waals surface area contributed by atoms with Gasteiger partial charge in [-0.1, -0.05) is 89.3 Å². The van der Waals surface area contributed by atoms with E-state index in [4.69, 9.17) is 28.9 Å². The number of nitrogens with one attached hydrogen (secondary N) is 1. The minimum Gasteiger partial charge on any atom is -0.393 e. The number of hydrogen-bond acceptors (Lipinski definition) is 24. The largest absolute Gasteiger partial charge is 0.393 e. The van der Waals surface area contributed by atoms with E-state index in [0.29, 0.717) is 57.7 Å². The number of rotatable bonds is 32. The SMILES string of the molecule is C[Si](C)(C)CCOCn1ccc2c(-c3cnn(C(CC#N)[C@H]4CC[C@@H](O)C4)c3)ncnc21.C[Si](C)(C)CCOCn1ccc2c(-c3cnn(C(CC#N)[C@H]4CC[C@H](O)C4)c3)ncnc21.C[Si](C)(C)CCOCn1ccc2c(-c3cnn(C(CC#N)[C@H]4CC[C@H](c5ccccc5)C4)c3)ncnc21.II.N#CCC([C@H]1CC[C@H](O)C1)n1cc(-c2ncnc3[nH]ccc23)cn1.O=C=O.[2HH]. The van der Waals surface area contributed by atoms with Crippen molar-refractivity contribution in [3.05, 3.63) is 160 Å². The third-order valence-electron chi connectivity index (χ3n) is 25.0. The zero-order valence-corrected chi connectivity index (χ0v) is 82.8. The molecular weight excluding hydrogens is 1920 g/mol. The van der Waals surface area contributed by atoms with Crippen molar-refractivity contribution in [1.82, 2.24) is 97.7 Å². The summed E-state index contributed by atoms with van der Waals surface area (Å²) in [7, 11) is -3.35. The van der Waals surface area contributed by atoms with Gasteiger partial charge in [-0.25, -0.2) is 39.9 Å². The van der Waals surface area contributed by atoms with E-state index >= 15 is 0 Å². The van der Waals surface area contributed by atoms with Crippen LogP contribution < -0.4 is 0 Å². The molecule has 4 aliphatic rings. The van der Waals surface area contributed by atoms with Gasteiger partial charge in [-0.3, -0.25) is 18.7 Å². The lowest BCUT2D eigenvalue weighted by Gasteiger charge is -2.22. The highest BCUT2D eigenvalue weighted by Gasteiger charge is 2.37. The molecule has 4 fully saturated rings. The Kier molecular flexibility index (Phi) is 35.9. The van der Waals surface area contributed by atoms with Gasteiger partial charge in [0.05, 0.1) is 140 Å². The number of nitrogens with zero attached hydrogens (tertiary/aromatic N) is 23. The lowest BCUT2D eigenvalue weighted by atomic mass is 9.92. The molecule has 12 aromatic heterocycles. The maximum atomic E-state index is 9.94. The van der Waals surface area contributed by atoms with Crippen molar-refractivity contribution in [3.8, 4) is 69.3 Å². The number of aliphatic hydroxyl groups is 3. The molecule has 32 nitrogen and oxygen atoms in total. The first kappa shape index (κ1) is 98.8. The topological polar surface area (TPSA) is 423 Å². The Labute approximate surface area is 786 Å². The molecule has 0 aliphatic heterocycles. The van der Waals surface area contributed by atoms with E-state index in [2.05, 4.69) is 223 Å². The third kappa shape index (κ3) is 26.4. The quantitative estimate of drug-likeness (QED) is 0.0173. The van der Waals surface area contributed by atoms with Gasteiger partial charge in [-0.15, -0.1) is 0 Å². The number of H-pyrrole nitrogens is 1. The molecular formula is C93H120I2N24O8Si3. The first-order valence-electron chi connectivity index (χ1n) is 44.6. The Hall–Kier alpha value is -10.2. The van der Waals surface area contributed by atoms with Crippen molar-refractivity contribution in [3.63, 3.8) is 0 Å². The number of carbonyl (C=O) groups excluding carboxylic acids is 2. The average molecular weight is 2040 g/mol. The number of aromatic amines is 1. The lowest BCUT2D eigenvalue weighted by Crippen LogP contribution is -2.22. The molecule has 12 heterocycles. The van der Waals surface area contributed by atoms with Crippen molar-refractivity contribution in [2.24, 2.45) is 23.7 Å². The van der Waals surface area contributed by atoms with Gasteiger partial charge in [0.25, 0.3) is 0 Å². The molecule has 1 aromatic carbocycles. The second-order valence-corrected chi connectivity index (χ2v) is 54.6. The van der Waals surface area contributed by atoms with Crippen molar-refractivity contribution < 1.29 is 40.5 Å². The zero-order valence-electron chi connectivity index (χ0n) is 75.5. The summed E-state index contributed by atoms with van der Waals surface area (Å²) < 4.78 is 31.4. The van der Waals surface area contributed by atoms with Crippen LogP contribution in [-0.2, 0) is 44.0 Å². The van der Waals surface area contributed by atoms with Crippen LogP contribution in [0.3, 0.4) is 0 Å². The second kappa shape index (κ2) is 47.2. The van der Waals surface area contributed by atoms with Gasteiger partial charge in [-0.05, 0) is 155 Å². The minimum atomic E-state index is -1.12. The number of halogens is 2. The van der Waals surface area contributed by atoms with Gasteiger partial charge in [0, 0.05) is 176 Å². The van der Waals surface area contributed by atoms with Crippen LogP contribution in [0.4, 0.5) is 0 Å². The summed E-state index contributed by atoms with van der Waals surface area (Å²) in [6, 6.07) is 31.4. The molecule has 0 spiro atoms. The van der Waals surface area contributed by atoms with Crippen molar-refractivity contribution in [1.29, 1.82) is 21.0 Å². The van der Waals surface area contributed by atoms with Crippen LogP contribution in [0.5, 0.6) is 0 Å².